The second-order valence-corrected chi connectivity index (χ2v) is 4.56. The Morgan fingerprint density at radius 2 is 2.11 bits per heavy atom. The van der Waals surface area contributed by atoms with E-state index in [4.69, 9.17) is 0 Å². The van der Waals surface area contributed by atoms with Crippen LogP contribution in [0.4, 0.5) is 5.69 Å². The highest BCUT2D eigenvalue weighted by atomic mass is 32.1. The minimum atomic E-state index is -0.176. The Morgan fingerprint density at radius 1 is 1.39 bits per heavy atom. The van der Waals surface area contributed by atoms with Gasteiger partial charge in [0.05, 0.1) is 0 Å². The smallest absolute Gasteiger partial charge is 0.323 e. The van der Waals surface area contributed by atoms with E-state index in [9.17, 15) is 9.59 Å². The van der Waals surface area contributed by atoms with Crippen LogP contribution >= 0.6 is 11.5 Å². The van der Waals surface area contributed by atoms with Crippen LogP contribution in [-0.2, 0) is 4.79 Å². The molecular formula is C12H13N3O2S. The van der Waals surface area contributed by atoms with Gasteiger partial charge >= 0.3 is 4.87 Å². The summed E-state index contributed by atoms with van der Waals surface area (Å²) in [6.45, 7) is 1.96. The van der Waals surface area contributed by atoms with Gasteiger partial charge in [-0.15, -0.1) is 0 Å². The average molecular weight is 263 g/mol. The molecule has 0 spiro atoms. The molecule has 0 aliphatic heterocycles. The average Bonchev–Trinajstić information content (AvgIpc) is 2.77. The van der Waals surface area contributed by atoms with Crippen LogP contribution in [0.2, 0.25) is 0 Å². The molecule has 2 rings (SSSR count). The number of benzene rings is 1. The lowest BCUT2D eigenvalue weighted by Crippen LogP contribution is -2.10. The first-order valence-electron chi connectivity index (χ1n) is 5.65. The highest BCUT2D eigenvalue weighted by Crippen LogP contribution is 2.17. The van der Waals surface area contributed by atoms with Crippen LogP contribution in [0, 0.1) is 0 Å². The summed E-state index contributed by atoms with van der Waals surface area (Å²) in [5.74, 6) is 0.559. The summed E-state index contributed by atoms with van der Waals surface area (Å²) >= 11 is 0.890. The van der Waals surface area contributed by atoms with Gasteiger partial charge in [0.1, 0.15) is 0 Å². The van der Waals surface area contributed by atoms with Crippen molar-refractivity contribution in [3.05, 3.63) is 33.9 Å². The molecule has 2 aromatic rings. The molecule has 0 saturated carbocycles. The quantitative estimate of drug-likeness (QED) is 0.888. The molecule has 0 atom stereocenters. The van der Waals surface area contributed by atoms with Crippen LogP contribution in [-0.4, -0.2) is 15.3 Å². The molecule has 1 aromatic heterocycles. The Morgan fingerprint density at radius 3 is 2.67 bits per heavy atom. The largest absolute Gasteiger partial charge is 0.326 e. The zero-order valence-electron chi connectivity index (χ0n) is 9.90. The van der Waals surface area contributed by atoms with Gasteiger partial charge in [-0.2, -0.15) is 4.37 Å². The number of H-pyrrole nitrogens is 1. The highest BCUT2D eigenvalue weighted by molar-refractivity contribution is 7.03. The molecular weight excluding hydrogens is 250 g/mol. The van der Waals surface area contributed by atoms with E-state index >= 15 is 0 Å². The summed E-state index contributed by atoms with van der Waals surface area (Å²) in [6.07, 6.45) is 1.34. The van der Waals surface area contributed by atoms with Crippen molar-refractivity contribution in [3.63, 3.8) is 0 Å². The zero-order valence-corrected chi connectivity index (χ0v) is 10.7. The Kier molecular flexibility index (Phi) is 3.88. The van der Waals surface area contributed by atoms with Gasteiger partial charge in [0.25, 0.3) is 0 Å². The Hall–Kier alpha value is -1.95. The van der Waals surface area contributed by atoms with Gasteiger partial charge in [-0.3, -0.25) is 14.6 Å². The van der Waals surface area contributed by atoms with Gasteiger partial charge in [0.2, 0.25) is 5.91 Å². The maximum Gasteiger partial charge on any atom is 0.323 e. The van der Waals surface area contributed by atoms with Crippen molar-refractivity contribution < 1.29 is 4.79 Å². The van der Waals surface area contributed by atoms with Crippen molar-refractivity contribution in [2.24, 2.45) is 0 Å². The van der Waals surface area contributed by atoms with Gasteiger partial charge in [-0.1, -0.05) is 6.92 Å². The Labute approximate surface area is 108 Å². The van der Waals surface area contributed by atoms with E-state index in [0.717, 1.165) is 29.2 Å². The van der Waals surface area contributed by atoms with E-state index in [2.05, 4.69) is 14.7 Å². The van der Waals surface area contributed by atoms with Gasteiger partial charge in [0, 0.05) is 29.2 Å². The molecule has 6 heteroatoms. The molecule has 94 valence electrons. The highest BCUT2D eigenvalue weighted by Gasteiger charge is 2.04. The zero-order chi connectivity index (χ0) is 13.0. The SMILES string of the molecule is CCCC(=O)Nc1ccc(-c2nsc(=O)[nH]2)cc1. The predicted octanol–water partition coefficient (Wildman–Crippen LogP) is 2.24. The van der Waals surface area contributed by atoms with Crippen LogP contribution < -0.4 is 10.2 Å². The van der Waals surface area contributed by atoms with Crippen LogP contribution in [0.5, 0.6) is 0 Å². The molecule has 1 aromatic carbocycles. The molecule has 1 amide bonds. The van der Waals surface area contributed by atoms with Gasteiger partial charge in [0.15, 0.2) is 5.82 Å². The number of nitrogens with zero attached hydrogens (tertiary/aromatic N) is 1. The van der Waals surface area contributed by atoms with Crippen molar-refractivity contribution in [2.45, 2.75) is 19.8 Å². The number of nitrogens with one attached hydrogen (secondary N) is 2. The lowest BCUT2D eigenvalue weighted by atomic mass is 10.2. The third-order valence-corrected chi connectivity index (χ3v) is 2.90. The number of rotatable bonds is 4. The molecule has 0 aliphatic carbocycles. The molecule has 0 saturated heterocycles. The Balaban J connectivity index is 2.10. The maximum atomic E-state index is 11.4. The first kappa shape index (κ1) is 12.5. The van der Waals surface area contributed by atoms with E-state index in [-0.39, 0.29) is 10.8 Å². The minimum absolute atomic E-state index is 0.00677. The summed E-state index contributed by atoms with van der Waals surface area (Å²) in [5, 5.41) is 2.80. The second-order valence-electron chi connectivity index (χ2n) is 3.82. The molecule has 0 aliphatic rings. The lowest BCUT2D eigenvalue weighted by molar-refractivity contribution is -0.116. The number of amides is 1. The molecule has 5 nitrogen and oxygen atoms in total. The summed E-state index contributed by atoms with van der Waals surface area (Å²) in [4.78, 5) is 24.9. The number of aromatic nitrogens is 2. The summed E-state index contributed by atoms with van der Waals surface area (Å²) < 4.78 is 3.99. The van der Waals surface area contributed by atoms with Gasteiger partial charge in [-0.25, -0.2) is 0 Å². The van der Waals surface area contributed by atoms with Crippen LogP contribution in [0.25, 0.3) is 11.4 Å². The topological polar surface area (TPSA) is 74.8 Å². The summed E-state index contributed by atoms with van der Waals surface area (Å²) in [7, 11) is 0. The number of carbonyl (C=O) groups is 1. The van der Waals surface area contributed by atoms with Gasteiger partial charge < -0.3 is 5.32 Å². The van der Waals surface area contributed by atoms with Crippen LogP contribution in [0.3, 0.4) is 0 Å². The lowest BCUT2D eigenvalue weighted by Gasteiger charge is -2.04. The van der Waals surface area contributed by atoms with E-state index in [1.807, 2.05) is 19.1 Å². The third kappa shape index (κ3) is 3.04. The summed E-state index contributed by atoms with van der Waals surface area (Å²) in [5.41, 5.74) is 1.57. The van der Waals surface area contributed by atoms with E-state index in [1.54, 1.807) is 12.1 Å². The fraction of sp³-hybridized carbons (Fsp3) is 0.250. The van der Waals surface area contributed by atoms with Crippen molar-refractivity contribution in [1.82, 2.24) is 9.36 Å². The van der Waals surface area contributed by atoms with Crippen molar-refractivity contribution in [3.8, 4) is 11.4 Å². The van der Waals surface area contributed by atoms with Crippen LogP contribution in [0.15, 0.2) is 29.1 Å². The normalized spacial score (nSPS) is 10.3. The van der Waals surface area contributed by atoms with Crippen molar-refractivity contribution in [2.75, 3.05) is 5.32 Å². The standard InChI is InChI=1S/C12H13N3O2S/c1-2-3-10(16)13-9-6-4-8(5-7-9)11-14-12(17)18-15-11/h4-7H,2-3H2,1H3,(H,13,16)(H,14,15,17). The second kappa shape index (κ2) is 5.59. The molecule has 0 fully saturated rings. The fourth-order valence-electron chi connectivity index (χ4n) is 1.52. The molecule has 2 N–H and O–H groups in total. The molecule has 18 heavy (non-hydrogen) atoms. The molecule has 0 unspecified atom stereocenters. The monoisotopic (exact) mass is 263 g/mol. The number of hydrogen-bond acceptors (Lipinski definition) is 4. The number of anilines is 1. The Bertz CT molecular complexity index is 586. The van der Waals surface area contributed by atoms with E-state index in [1.165, 1.54) is 0 Å². The summed E-state index contributed by atoms with van der Waals surface area (Å²) in [6, 6.07) is 7.21. The van der Waals surface area contributed by atoms with Crippen molar-refractivity contribution in [1.29, 1.82) is 0 Å². The van der Waals surface area contributed by atoms with E-state index in [0.29, 0.717) is 12.2 Å². The fourth-order valence-corrected chi connectivity index (χ4v) is 1.98. The number of aromatic amines is 1. The van der Waals surface area contributed by atoms with E-state index < -0.39 is 0 Å². The minimum Gasteiger partial charge on any atom is -0.326 e. The third-order valence-electron chi connectivity index (χ3n) is 2.36. The van der Waals surface area contributed by atoms with Gasteiger partial charge in [-0.05, 0) is 30.7 Å². The molecule has 0 radical (unpaired) electrons. The van der Waals surface area contributed by atoms with Crippen molar-refractivity contribution >= 4 is 23.1 Å². The maximum absolute atomic E-state index is 11.4. The predicted molar refractivity (Wildman–Crippen MR) is 71.7 cm³/mol. The molecule has 1 heterocycles. The number of carbonyl (C=O) groups excluding carboxylic acids is 1. The van der Waals surface area contributed by atoms with Crippen LogP contribution in [0.1, 0.15) is 19.8 Å². The first-order chi connectivity index (χ1) is 8.69. The molecule has 0 bridgehead atoms. The first-order valence-corrected chi connectivity index (χ1v) is 6.42. The number of hydrogen-bond donors (Lipinski definition) is 2.